The van der Waals surface area contributed by atoms with Gasteiger partial charge in [-0.25, -0.2) is 0 Å². The molecule has 2 rings (SSSR count). The van der Waals surface area contributed by atoms with Crippen molar-refractivity contribution in [2.45, 2.75) is 0 Å². The topological polar surface area (TPSA) is 85.3 Å². The van der Waals surface area contributed by atoms with E-state index in [9.17, 15) is 9.59 Å². The lowest BCUT2D eigenvalue weighted by Gasteiger charge is -2.20. The lowest BCUT2D eigenvalue weighted by atomic mass is 10.1. The van der Waals surface area contributed by atoms with E-state index in [1.807, 2.05) is 0 Å². The summed E-state index contributed by atoms with van der Waals surface area (Å²) in [6, 6.07) is 4.93. The molecule has 1 N–H and O–H groups in total. The highest BCUT2D eigenvalue weighted by Crippen LogP contribution is 2.35. The maximum atomic E-state index is 12.4. The fourth-order valence-electron chi connectivity index (χ4n) is 1.89. The molecular weight excluding hydrogens is 266 g/mol. The number of carboxylic acids is 1. The minimum Gasteiger partial charge on any atom is -0.480 e. The molecule has 0 bridgehead atoms. The summed E-state index contributed by atoms with van der Waals surface area (Å²) in [4.78, 5) is 24.5. The van der Waals surface area contributed by atoms with Gasteiger partial charge in [-0.1, -0.05) is 6.07 Å². The van der Waals surface area contributed by atoms with E-state index in [0.29, 0.717) is 11.5 Å². The summed E-state index contributed by atoms with van der Waals surface area (Å²) in [7, 11) is 1.49. The molecule has 0 aliphatic carbocycles. The molecule has 7 heteroatoms. The molecule has 1 aromatic rings. The predicted octanol–water partition coefficient (Wildman–Crippen LogP) is 0.588. The minimum absolute atomic E-state index is 0.0522. The zero-order valence-electron chi connectivity index (χ0n) is 11.0. The standard InChI is InChI=1S/C13H15NO6/c1-18-6-5-14(7-11(15)16)13(17)9-3-2-4-10-12(9)20-8-19-10/h2-4H,5-8H2,1H3,(H,15,16). The van der Waals surface area contributed by atoms with E-state index >= 15 is 0 Å². The van der Waals surface area contributed by atoms with Crippen LogP contribution in [0.3, 0.4) is 0 Å². The van der Waals surface area contributed by atoms with E-state index in [4.69, 9.17) is 19.3 Å². The average Bonchev–Trinajstić information content (AvgIpc) is 2.90. The third-order valence-corrected chi connectivity index (χ3v) is 2.81. The Morgan fingerprint density at radius 3 is 2.90 bits per heavy atom. The van der Waals surface area contributed by atoms with Gasteiger partial charge >= 0.3 is 5.97 Å². The molecular formula is C13H15NO6. The first kappa shape index (κ1) is 14.1. The number of carboxylic acid groups (broad SMARTS) is 1. The van der Waals surface area contributed by atoms with Gasteiger partial charge < -0.3 is 24.2 Å². The van der Waals surface area contributed by atoms with Crippen molar-refractivity contribution in [2.24, 2.45) is 0 Å². The van der Waals surface area contributed by atoms with Gasteiger partial charge in [0.1, 0.15) is 6.54 Å². The number of methoxy groups -OCH3 is 1. The zero-order valence-corrected chi connectivity index (χ0v) is 11.0. The van der Waals surface area contributed by atoms with Crippen LogP contribution in [0, 0.1) is 0 Å². The zero-order chi connectivity index (χ0) is 14.5. The number of aliphatic carboxylic acids is 1. The quantitative estimate of drug-likeness (QED) is 0.821. The Morgan fingerprint density at radius 2 is 2.20 bits per heavy atom. The molecule has 0 unspecified atom stereocenters. The maximum absolute atomic E-state index is 12.4. The second-order valence-electron chi connectivity index (χ2n) is 4.15. The number of rotatable bonds is 6. The molecule has 0 aromatic heterocycles. The number of hydrogen-bond donors (Lipinski definition) is 1. The predicted molar refractivity (Wildman–Crippen MR) is 68.0 cm³/mol. The van der Waals surface area contributed by atoms with Crippen molar-refractivity contribution in [1.82, 2.24) is 4.90 Å². The second kappa shape index (κ2) is 6.25. The second-order valence-corrected chi connectivity index (χ2v) is 4.15. The van der Waals surface area contributed by atoms with Gasteiger partial charge in [-0.15, -0.1) is 0 Å². The highest BCUT2D eigenvalue weighted by molar-refractivity contribution is 5.99. The van der Waals surface area contributed by atoms with Gasteiger partial charge in [0.2, 0.25) is 6.79 Å². The number of fused-ring (bicyclic) bond motifs is 1. The maximum Gasteiger partial charge on any atom is 0.323 e. The third kappa shape index (κ3) is 3.00. The van der Waals surface area contributed by atoms with Crippen LogP contribution in [-0.4, -0.2) is 55.5 Å². The highest BCUT2D eigenvalue weighted by atomic mass is 16.7. The summed E-state index contributed by atoms with van der Waals surface area (Å²) < 4.78 is 15.3. The van der Waals surface area contributed by atoms with Gasteiger partial charge in [0.15, 0.2) is 11.5 Å². The minimum atomic E-state index is -1.08. The van der Waals surface area contributed by atoms with Gasteiger partial charge in [0, 0.05) is 13.7 Å². The average molecular weight is 281 g/mol. The van der Waals surface area contributed by atoms with Crippen LogP contribution in [0.15, 0.2) is 18.2 Å². The van der Waals surface area contributed by atoms with Gasteiger partial charge in [-0.05, 0) is 12.1 Å². The summed E-state index contributed by atoms with van der Waals surface area (Å²) in [5, 5.41) is 8.88. The molecule has 108 valence electrons. The van der Waals surface area contributed by atoms with Crippen molar-refractivity contribution in [2.75, 3.05) is 33.6 Å². The molecule has 7 nitrogen and oxygen atoms in total. The van der Waals surface area contributed by atoms with E-state index in [1.54, 1.807) is 18.2 Å². The van der Waals surface area contributed by atoms with Gasteiger partial charge in [-0.3, -0.25) is 9.59 Å². The summed E-state index contributed by atoms with van der Waals surface area (Å²) >= 11 is 0. The Labute approximate surface area is 115 Å². The Bertz CT molecular complexity index is 516. The molecule has 1 aliphatic rings. The number of hydrogen-bond acceptors (Lipinski definition) is 5. The first-order chi connectivity index (χ1) is 9.63. The van der Waals surface area contributed by atoms with E-state index in [0.717, 1.165) is 0 Å². The third-order valence-electron chi connectivity index (χ3n) is 2.81. The smallest absolute Gasteiger partial charge is 0.323 e. The number of ether oxygens (including phenoxy) is 3. The molecule has 0 radical (unpaired) electrons. The summed E-state index contributed by atoms with van der Waals surface area (Å²) in [6.07, 6.45) is 0. The SMILES string of the molecule is COCCN(CC(=O)O)C(=O)c1cccc2c1OCO2. The monoisotopic (exact) mass is 281 g/mol. The first-order valence-electron chi connectivity index (χ1n) is 6.02. The van der Waals surface area contributed by atoms with Crippen molar-refractivity contribution in [1.29, 1.82) is 0 Å². The molecule has 0 spiro atoms. The summed E-state index contributed by atoms with van der Waals surface area (Å²) in [5.41, 5.74) is 0.289. The molecule has 1 aliphatic heterocycles. The first-order valence-corrected chi connectivity index (χ1v) is 6.02. The molecule has 0 atom stereocenters. The van der Waals surface area contributed by atoms with Crippen LogP contribution in [-0.2, 0) is 9.53 Å². The highest BCUT2D eigenvalue weighted by Gasteiger charge is 2.26. The lowest BCUT2D eigenvalue weighted by molar-refractivity contribution is -0.137. The number of benzene rings is 1. The molecule has 20 heavy (non-hydrogen) atoms. The number of carbonyl (C=O) groups is 2. The largest absolute Gasteiger partial charge is 0.480 e. The fourth-order valence-corrected chi connectivity index (χ4v) is 1.89. The van der Waals surface area contributed by atoms with Crippen molar-refractivity contribution < 1.29 is 28.9 Å². The lowest BCUT2D eigenvalue weighted by Crippen LogP contribution is -2.38. The summed E-state index contributed by atoms with van der Waals surface area (Å²) in [5.74, 6) is -0.672. The van der Waals surface area contributed by atoms with Gasteiger partial charge in [0.25, 0.3) is 5.91 Å². The van der Waals surface area contributed by atoms with Crippen molar-refractivity contribution >= 4 is 11.9 Å². The number of amides is 1. The Kier molecular flexibility index (Phi) is 4.41. The molecule has 1 amide bonds. The van der Waals surface area contributed by atoms with Crippen LogP contribution in [0.5, 0.6) is 11.5 Å². The van der Waals surface area contributed by atoms with Crippen molar-refractivity contribution in [3.8, 4) is 11.5 Å². The molecule has 0 saturated carbocycles. The Balaban J connectivity index is 2.22. The Hall–Kier alpha value is -2.28. The van der Waals surface area contributed by atoms with Crippen LogP contribution in [0.4, 0.5) is 0 Å². The van der Waals surface area contributed by atoms with Crippen LogP contribution in [0.25, 0.3) is 0 Å². The molecule has 0 fully saturated rings. The van der Waals surface area contributed by atoms with Crippen LogP contribution >= 0.6 is 0 Å². The fraction of sp³-hybridized carbons (Fsp3) is 0.385. The van der Waals surface area contributed by atoms with Crippen molar-refractivity contribution in [3.63, 3.8) is 0 Å². The molecule has 1 heterocycles. The van der Waals surface area contributed by atoms with Crippen LogP contribution in [0.1, 0.15) is 10.4 Å². The van der Waals surface area contributed by atoms with E-state index in [2.05, 4.69) is 0 Å². The number of para-hydroxylation sites is 1. The van der Waals surface area contributed by atoms with E-state index in [1.165, 1.54) is 12.0 Å². The van der Waals surface area contributed by atoms with Crippen molar-refractivity contribution in [3.05, 3.63) is 23.8 Å². The molecule has 0 saturated heterocycles. The Morgan fingerprint density at radius 1 is 1.40 bits per heavy atom. The van der Waals surface area contributed by atoms with E-state index in [-0.39, 0.29) is 25.5 Å². The number of nitrogens with zero attached hydrogens (tertiary/aromatic N) is 1. The normalized spacial score (nSPS) is 12.2. The van der Waals surface area contributed by atoms with Crippen LogP contribution < -0.4 is 9.47 Å². The van der Waals surface area contributed by atoms with Gasteiger partial charge in [-0.2, -0.15) is 0 Å². The van der Waals surface area contributed by atoms with Crippen LogP contribution in [0.2, 0.25) is 0 Å². The molecule has 1 aromatic carbocycles. The van der Waals surface area contributed by atoms with E-state index < -0.39 is 18.4 Å². The van der Waals surface area contributed by atoms with Gasteiger partial charge in [0.05, 0.1) is 12.2 Å². The number of carbonyl (C=O) groups excluding carboxylic acids is 1. The summed E-state index contributed by atoms with van der Waals surface area (Å²) in [6.45, 7) is 0.0981.